The van der Waals surface area contributed by atoms with E-state index in [1.807, 2.05) is 31.2 Å². The summed E-state index contributed by atoms with van der Waals surface area (Å²) in [5, 5.41) is 13.6. The molecule has 1 N–H and O–H groups in total. The largest absolute Gasteiger partial charge is 0.543 e. The van der Waals surface area contributed by atoms with Crippen LogP contribution in [0.3, 0.4) is 0 Å². The number of carbonyl (C=O) groups is 2. The van der Waals surface area contributed by atoms with Gasteiger partial charge in [-0.2, -0.15) is 0 Å². The van der Waals surface area contributed by atoms with E-state index in [1.54, 1.807) is 24.3 Å². The van der Waals surface area contributed by atoms with E-state index in [1.165, 1.54) is 6.08 Å². The SMILES string of the molecule is CCCCC(=O)N/C(=C\c1ccc(Oc2ccccc2Br)cc1)C(=O)[O-]. The van der Waals surface area contributed by atoms with Gasteiger partial charge in [-0.25, -0.2) is 0 Å². The van der Waals surface area contributed by atoms with E-state index < -0.39 is 5.97 Å². The van der Waals surface area contributed by atoms with Gasteiger partial charge in [-0.05, 0) is 58.3 Å². The molecule has 0 saturated heterocycles. The molecule has 0 fully saturated rings. The molecule has 26 heavy (non-hydrogen) atoms. The zero-order valence-corrected chi connectivity index (χ0v) is 15.9. The smallest absolute Gasteiger partial charge is 0.224 e. The van der Waals surface area contributed by atoms with Crippen LogP contribution < -0.4 is 15.2 Å². The minimum absolute atomic E-state index is 0.259. The van der Waals surface area contributed by atoms with Crippen molar-refractivity contribution < 1.29 is 19.4 Å². The Labute approximate surface area is 160 Å². The van der Waals surface area contributed by atoms with Crippen molar-refractivity contribution in [1.29, 1.82) is 0 Å². The Kier molecular flexibility index (Phi) is 7.41. The Balaban J connectivity index is 2.09. The monoisotopic (exact) mass is 416 g/mol. The number of carboxylic acid groups (broad SMARTS) is 1. The Bertz CT molecular complexity index is 800. The highest BCUT2D eigenvalue weighted by Gasteiger charge is 2.06. The lowest BCUT2D eigenvalue weighted by molar-refractivity contribution is -0.299. The minimum Gasteiger partial charge on any atom is -0.543 e. The first-order valence-electron chi connectivity index (χ1n) is 8.25. The zero-order valence-electron chi connectivity index (χ0n) is 14.3. The zero-order chi connectivity index (χ0) is 18.9. The van der Waals surface area contributed by atoms with Gasteiger partial charge in [-0.1, -0.05) is 37.6 Å². The second-order valence-corrected chi connectivity index (χ2v) is 6.45. The Hall–Kier alpha value is -2.60. The van der Waals surface area contributed by atoms with Crippen molar-refractivity contribution in [3.05, 3.63) is 64.3 Å². The molecule has 0 atom stereocenters. The number of unbranched alkanes of at least 4 members (excludes halogenated alkanes) is 1. The van der Waals surface area contributed by atoms with Crippen molar-refractivity contribution in [2.45, 2.75) is 26.2 Å². The first-order valence-corrected chi connectivity index (χ1v) is 9.04. The van der Waals surface area contributed by atoms with Gasteiger partial charge in [0, 0.05) is 6.42 Å². The highest BCUT2D eigenvalue weighted by molar-refractivity contribution is 9.10. The fourth-order valence-electron chi connectivity index (χ4n) is 2.15. The Morgan fingerprint density at radius 3 is 2.46 bits per heavy atom. The maximum Gasteiger partial charge on any atom is 0.224 e. The summed E-state index contributed by atoms with van der Waals surface area (Å²) in [7, 11) is 0. The van der Waals surface area contributed by atoms with Crippen molar-refractivity contribution >= 4 is 33.9 Å². The van der Waals surface area contributed by atoms with E-state index in [9.17, 15) is 14.7 Å². The topological polar surface area (TPSA) is 78.5 Å². The predicted octanol–water partition coefficient (Wildman–Crippen LogP) is 3.64. The molecule has 136 valence electrons. The number of hydrogen-bond acceptors (Lipinski definition) is 4. The number of carboxylic acids is 1. The first-order chi connectivity index (χ1) is 12.5. The van der Waals surface area contributed by atoms with E-state index in [4.69, 9.17) is 4.74 Å². The first kappa shape index (κ1) is 19.7. The number of nitrogens with one attached hydrogen (secondary N) is 1. The summed E-state index contributed by atoms with van der Waals surface area (Å²) >= 11 is 3.41. The van der Waals surface area contributed by atoms with E-state index in [-0.39, 0.29) is 18.0 Å². The van der Waals surface area contributed by atoms with Crippen LogP contribution >= 0.6 is 15.9 Å². The molecule has 2 aromatic carbocycles. The number of halogens is 1. The predicted molar refractivity (Wildman–Crippen MR) is 101 cm³/mol. The van der Waals surface area contributed by atoms with Crippen LogP contribution in [0.1, 0.15) is 31.7 Å². The van der Waals surface area contributed by atoms with Crippen molar-refractivity contribution in [1.82, 2.24) is 5.32 Å². The molecule has 0 aliphatic heterocycles. The Morgan fingerprint density at radius 1 is 1.15 bits per heavy atom. The van der Waals surface area contributed by atoms with Gasteiger partial charge >= 0.3 is 0 Å². The third kappa shape index (κ3) is 6.04. The molecule has 0 aromatic heterocycles. The standard InChI is InChI=1S/C20H20BrNO4/c1-2-3-8-19(23)22-17(20(24)25)13-14-9-11-15(12-10-14)26-18-7-5-4-6-16(18)21/h4-7,9-13H,2-3,8H2,1H3,(H,22,23)(H,24,25)/p-1/b17-13-. The number of aliphatic carboxylic acids is 1. The van der Waals surface area contributed by atoms with Gasteiger partial charge in [0.2, 0.25) is 5.91 Å². The second-order valence-electron chi connectivity index (χ2n) is 5.60. The van der Waals surface area contributed by atoms with Crippen LogP contribution in [0.2, 0.25) is 0 Å². The second kappa shape index (κ2) is 9.77. The van der Waals surface area contributed by atoms with Crippen LogP contribution in [0.5, 0.6) is 11.5 Å². The summed E-state index contributed by atoms with van der Waals surface area (Å²) in [5.41, 5.74) is 0.352. The quantitative estimate of drug-likeness (QED) is 0.666. The van der Waals surface area contributed by atoms with Gasteiger partial charge in [0.05, 0.1) is 16.1 Å². The molecule has 0 bridgehead atoms. The summed E-state index contributed by atoms with van der Waals surface area (Å²) in [4.78, 5) is 23.0. The number of ether oxygens (including phenoxy) is 1. The molecule has 6 heteroatoms. The van der Waals surface area contributed by atoms with Crippen molar-refractivity contribution in [2.75, 3.05) is 0 Å². The highest BCUT2D eigenvalue weighted by Crippen LogP contribution is 2.29. The van der Waals surface area contributed by atoms with Crippen molar-refractivity contribution in [3.63, 3.8) is 0 Å². The molecule has 0 aliphatic rings. The number of rotatable bonds is 8. The normalized spacial score (nSPS) is 11.1. The van der Waals surface area contributed by atoms with Gasteiger partial charge in [0.25, 0.3) is 0 Å². The Morgan fingerprint density at radius 2 is 1.85 bits per heavy atom. The molecular formula is C20H19BrNO4-. The van der Waals surface area contributed by atoms with Crippen LogP contribution in [-0.4, -0.2) is 11.9 Å². The van der Waals surface area contributed by atoms with Crippen LogP contribution in [-0.2, 0) is 9.59 Å². The minimum atomic E-state index is -1.43. The molecule has 0 radical (unpaired) electrons. The molecule has 0 spiro atoms. The average molecular weight is 417 g/mol. The fourth-order valence-corrected chi connectivity index (χ4v) is 2.52. The van der Waals surface area contributed by atoms with Crippen LogP contribution in [0, 0.1) is 0 Å². The number of amides is 1. The summed E-state index contributed by atoms with van der Waals surface area (Å²) in [6.45, 7) is 1.96. The summed E-state index contributed by atoms with van der Waals surface area (Å²) in [6, 6.07) is 14.3. The summed E-state index contributed by atoms with van der Waals surface area (Å²) in [5.74, 6) is -0.481. The molecular weight excluding hydrogens is 398 g/mol. The number of carbonyl (C=O) groups excluding carboxylic acids is 2. The van der Waals surface area contributed by atoms with Gasteiger partial charge in [-0.3, -0.25) is 4.79 Å². The van der Waals surface area contributed by atoms with E-state index in [2.05, 4.69) is 21.2 Å². The van der Waals surface area contributed by atoms with E-state index in [0.717, 1.165) is 10.9 Å². The average Bonchev–Trinajstić information content (AvgIpc) is 2.62. The lowest BCUT2D eigenvalue weighted by atomic mass is 10.1. The van der Waals surface area contributed by atoms with Crippen LogP contribution in [0.4, 0.5) is 0 Å². The summed E-state index contributed by atoms with van der Waals surface area (Å²) in [6.07, 6.45) is 3.20. The lowest BCUT2D eigenvalue weighted by Crippen LogP contribution is -2.35. The molecule has 5 nitrogen and oxygen atoms in total. The number of para-hydroxylation sites is 1. The molecule has 0 aliphatic carbocycles. The molecule has 1 amide bonds. The van der Waals surface area contributed by atoms with Gasteiger partial charge < -0.3 is 20.0 Å². The van der Waals surface area contributed by atoms with Crippen LogP contribution in [0.25, 0.3) is 6.08 Å². The van der Waals surface area contributed by atoms with Crippen LogP contribution in [0.15, 0.2) is 58.7 Å². The summed E-state index contributed by atoms with van der Waals surface area (Å²) < 4.78 is 6.59. The molecule has 2 aromatic rings. The maximum absolute atomic E-state index is 11.7. The van der Waals surface area contributed by atoms with Gasteiger partial charge in [-0.15, -0.1) is 0 Å². The third-order valence-electron chi connectivity index (χ3n) is 3.51. The maximum atomic E-state index is 11.7. The molecule has 0 saturated carbocycles. The van der Waals surface area contributed by atoms with E-state index >= 15 is 0 Å². The lowest BCUT2D eigenvalue weighted by Gasteiger charge is -2.11. The highest BCUT2D eigenvalue weighted by atomic mass is 79.9. The number of benzene rings is 2. The van der Waals surface area contributed by atoms with Crippen molar-refractivity contribution in [2.24, 2.45) is 0 Å². The van der Waals surface area contributed by atoms with Gasteiger partial charge in [0.15, 0.2) is 0 Å². The van der Waals surface area contributed by atoms with Gasteiger partial charge in [0.1, 0.15) is 11.5 Å². The molecule has 2 rings (SSSR count). The van der Waals surface area contributed by atoms with E-state index in [0.29, 0.717) is 23.5 Å². The molecule has 0 unspecified atom stereocenters. The molecule has 0 heterocycles. The fraction of sp³-hybridized carbons (Fsp3) is 0.200. The third-order valence-corrected chi connectivity index (χ3v) is 4.16. The van der Waals surface area contributed by atoms with Crippen molar-refractivity contribution in [3.8, 4) is 11.5 Å². The number of hydrogen-bond donors (Lipinski definition) is 1.